The number of benzene rings is 1. The number of piperidine rings is 1. The lowest BCUT2D eigenvalue weighted by molar-refractivity contribution is 0.0539. The molecule has 1 aromatic heterocycles. The highest BCUT2D eigenvalue weighted by molar-refractivity contribution is 5.85. The van der Waals surface area contributed by atoms with Gasteiger partial charge in [0.25, 0.3) is 5.56 Å². The molecule has 2 fully saturated rings. The Kier molecular flexibility index (Phi) is 5.97. The van der Waals surface area contributed by atoms with E-state index in [1.807, 2.05) is 18.2 Å². The Morgan fingerprint density at radius 3 is 2.85 bits per heavy atom. The first-order valence-electron chi connectivity index (χ1n) is 9.21. The van der Waals surface area contributed by atoms with Crippen molar-refractivity contribution >= 4 is 23.3 Å². The zero-order valence-electron chi connectivity index (χ0n) is 14.7. The molecule has 2 heterocycles. The summed E-state index contributed by atoms with van der Waals surface area (Å²) in [6.07, 6.45) is 4.78. The molecule has 0 amide bonds. The molecular weight excluding hydrogens is 354 g/mol. The van der Waals surface area contributed by atoms with Gasteiger partial charge >= 0.3 is 0 Å². The minimum Gasteiger partial charge on any atom is -0.392 e. The van der Waals surface area contributed by atoms with Crippen LogP contribution in [-0.2, 0) is 6.54 Å². The van der Waals surface area contributed by atoms with Crippen molar-refractivity contribution in [2.75, 3.05) is 6.54 Å². The summed E-state index contributed by atoms with van der Waals surface area (Å²) in [6.45, 7) is 1.06. The van der Waals surface area contributed by atoms with Crippen LogP contribution in [-0.4, -0.2) is 44.6 Å². The number of aliphatic hydroxyl groups excluding tert-OH is 2. The van der Waals surface area contributed by atoms with Gasteiger partial charge in [-0.3, -0.25) is 9.36 Å². The van der Waals surface area contributed by atoms with Gasteiger partial charge in [0.15, 0.2) is 0 Å². The fourth-order valence-electron chi connectivity index (χ4n) is 3.86. The van der Waals surface area contributed by atoms with Crippen LogP contribution >= 0.6 is 12.4 Å². The van der Waals surface area contributed by atoms with Crippen molar-refractivity contribution in [3.63, 3.8) is 0 Å². The molecule has 142 valence electrons. The van der Waals surface area contributed by atoms with Gasteiger partial charge in [-0.1, -0.05) is 12.1 Å². The first-order chi connectivity index (χ1) is 12.1. The zero-order chi connectivity index (χ0) is 17.4. The molecule has 2 aromatic rings. The van der Waals surface area contributed by atoms with Crippen LogP contribution in [0.25, 0.3) is 10.9 Å². The largest absolute Gasteiger partial charge is 0.392 e. The van der Waals surface area contributed by atoms with E-state index in [-0.39, 0.29) is 30.6 Å². The highest BCUT2D eigenvalue weighted by Gasteiger charge is 2.28. The molecule has 1 saturated heterocycles. The Morgan fingerprint density at radius 2 is 2.12 bits per heavy atom. The second kappa shape index (κ2) is 8.05. The lowest BCUT2D eigenvalue weighted by Gasteiger charge is -2.30. The summed E-state index contributed by atoms with van der Waals surface area (Å²) in [5.74, 6) is 0.473. The van der Waals surface area contributed by atoms with E-state index in [2.05, 4.69) is 10.3 Å². The fraction of sp³-hybridized carbons (Fsp3) is 0.579. The molecule has 1 aliphatic heterocycles. The van der Waals surface area contributed by atoms with Gasteiger partial charge in [-0.15, -0.1) is 12.4 Å². The molecule has 0 spiro atoms. The molecule has 0 bridgehead atoms. The second-order valence-corrected chi connectivity index (χ2v) is 7.38. The van der Waals surface area contributed by atoms with E-state index >= 15 is 0 Å². The molecule has 1 saturated carbocycles. The van der Waals surface area contributed by atoms with Crippen molar-refractivity contribution < 1.29 is 10.2 Å². The van der Waals surface area contributed by atoms with Crippen LogP contribution < -0.4 is 10.9 Å². The molecule has 3 N–H and O–H groups in total. The normalized spacial score (nSPS) is 24.2. The highest BCUT2D eigenvalue weighted by Crippen LogP contribution is 2.41. The Labute approximate surface area is 158 Å². The number of fused-ring (bicyclic) bond motifs is 1. The number of rotatable bonds is 5. The maximum atomic E-state index is 12.9. The maximum absolute atomic E-state index is 12.9. The molecule has 7 heteroatoms. The minimum absolute atomic E-state index is 0. The van der Waals surface area contributed by atoms with Crippen LogP contribution in [0.4, 0.5) is 0 Å². The third-order valence-corrected chi connectivity index (χ3v) is 5.38. The van der Waals surface area contributed by atoms with Crippen molar-refractivity contribution in [2.45, 2.75) is 62.8 Å². The van der Waals surface area contributed by atoms with Gasteiger partial charge in [0.05, 0.1) is 36.0 Å². The molecule has 26 heavy (non-hydrogen) atoms. The SMILES string of the molecule is Cl.O=c1c2c(C3CC3)cccc2ncn1C[C@@H](O)C[C@H]1NCCC[C@@H]1O. The third kappa shape index (κ3) is 3.93. The number of halogens is 1. The van der Waals surface area contributed by atoms with Crippen molar-refractivity contribution in [2.24, 2.45) is 0 Å². The van der Waals surface area contributed by atoms with Crippen molar-refractivity contribution in [3.05, 3.63) is 40.4 Å². The summed E-state index contributed by atoms with van der Waals surface area (Å²) < 4.78 is 1.51. The average Bonchev–Trinajstić information content (AvgIpc) is 3.44. The molecule has 6 nitrogen and oxygen atoms in total. The van der Waals surface area contributed by atoms with Gasteiger partial charge in [-0.2, -0.15) is 0 Å². The summed E-state index contributed by atoms with van der Waals surface area (Å²) >= 11 is 0. The van der Waals surface area contributed by atoms with Crippen LogP contribution in [0.2, 0.25) is 0 Å². The smallest absolute Gasteiger partial charge is 0.261 e. The van der Waals surface area contributed by atoms with E-state index < -0.39 is 12.2 Å². The molecule has 0 radical (unpaired) electrons. The first kappa shape index (κ1) is 19.3. The molecule has 4 rings (SSSR count). The average molecular weight is 380 g/mol. The van der Waals surface area contributed by atoms with Crippen LogP contribution in [0.5, 0.6) is 0 Å². The first-order valence-corrected chi connectivity index (χ1v) is 9.21. The quantitative estimate of drug-likeness (QED) is 0.733. The van der Waals surface area contributed by atoms with Crippen LogP contribution in [0.15, 0.2) is 29.3 Å². The summed E-state index contributed by atoms with van der Waals surface area (Å²) in [5.41, 5.74) is 1.73. The van der Waals surface area contributed by atoms with Gasteiger partial charge in [-0.05, 0) is 56.2 Å². The standard InChI is InChI=1S/C19H25N3O3.ClH/c23-13(9-16-17(24)5-2-8-20-16)10-22-11-21-15-4-1-3-14(12-6-7-12)18(15)19(22)25;/h1,3-4,11-13,16-17,20,23-24H,2,5-10H2;1H/t13-,16+,17-;/m0./s1. The third-order valence-electron chi connectivity index (χ3n) is 5.38. The van der Waals surface area contributed by atoms with E-state index in [9.17, 15) is 15.0 Å². The summed E-state index contributed by atoms with van der Waals surface area (Å²) in [5, 5.41) is 24.4. The van der Waals surface area contributed by atoms with Gasteiger partial charge in [-0.25, -0.2) is 4.98 Å². The molecule has 1 aliphatic carbocycles. The molecular formula is C19H26ClN3O3. The van der Waals surface area contributed by atoms with Crippen molar-refractivity contribution in [1.82, 2.24) is 14.9 Å². The van der Waals surface area contributed by atoms with Gasteiger partial charge < -0.3 is 15.5 Å². The topological polar surface area (TPSA) is 87.4 Å². The van der Waals surface area contributed by atoms with Gasteiger partial charge in [0, 0.05) is 6.04 Å². The van der Waals surface area contributed by atoms with Crippen molar-refractivity contribution in [1.29, 1.82) is 0 Å². The molecule has 1 aromatic carbocycles. The van der Waals surface area contributed by atoms with Crippen molar-refractivity contribution in [3.8, 4) is 0 Å². The van der Waals surface area contributed by atoms with E-state index in [4.69, 9.17) is 0 Å². The lowest BCUT2D eigenvalue weighted by atomic mass is 9.96. The lowest BCUT2D eigenvalue weighted by Crippen LogP contribution is -2.47. The molecule has 2 aliphatic rings. The second-order valence-electron chi connectivity index (χ2n) is 7.38. The summed E-state index contributed by atoms with van der Waals surface area (Å²) in [7, 11) is 0. The number of aromatic nitrogens is 2. The Morgan fingerprint density at radius 1 is 1.31 bits per heavy atom. The highest BCUT2D eigenvalue weighted by atomic mass is 35.5. The van der Waals surface area contributed by atoms with Crippen LogP contribution in [0, 0.1) is 0 Å². The Balaban J connectivity index is 0.00000196. The Bertz CT molecular complexity index is 821. The minimum atomic E-state index is -0.699. The number of hydrogen-bond acceptors (Lipinski definition) is 5. The number of hydrogen-bond donors (Lipinski definition) is 3. The van der Waals surface area contributed by atoms with Gasteiger partial charge in [0.2, 0.25) is 0 Å². The summed E-state index contributed by atoms with van der Waals surface area (Å²) in [6, 6.07) is 5.73. The monoisotopic (exact) mass is 379 g/mol. The zero-order valence-corrected chi connectivity index (χ0v) is 15.5. The number of aliphatic hydroxyl groups is 2. The van der Waals surface area contributed by atoms with Crippen LogP contribution in [0.1, 0.15) is 43.6 Å². The summed E-state index contributed by atoms with van der Waals surface area (Å²) in [4.78, 5) is 17.3. The van der Waals surface area contributed by atoms with E-state index in [1.165, 1.54) is 10.9 Å². The predicted molar refractivity (Wildman–Crippen MR) is 103 cm³/mol. The van der Waals surface area contributed by atoms with E-state index in [0.29, 0.717) is 17.7 Å². The number of nitrogens with zero attached hydrogens (tertiary/aromatic N) is 2. The van der Waals surface area contributed by atoms with E-state index in [0.717, 1.165) is 43.3 Å². The maximum Gasteiger partial charge on any atom is 0.261 e. The van der Waals surface area contributed by atoms with Crippen LogP contribution in [0.3, 0.4) is 0 Å². The van der Waals surface area contributed by atoms with Gasteiger partial charge in [0.1, 0.15) is 0 Å². The predicted octanol–water partition coefficient (Wildman–Crippen LogP) is 1.56. The Hall–Kier alpha value is -1.47. The number of nitrogens with one attached hydrogen (secondary N) is 1. The molecule has 3 atom stereocenters. The molecule has 0 unspecified atom stereocenters. The van der Waals surface area contributed by atoms with E-state index in [1.54, 1.807) is 0 Å². The fourth-order valence-corrected chi connectivity index (χ4v) is 3.86.